The maximum atomic E-state index is 2.52. The molecule has 354 valence electrons. The molecule has 2 aliphatic carbocycles. The summed E-state index contributed by atoms with van der Waals surface area (Å²) in [6.45, 7) is 0. The first kappa shape index (κ1) is 42.7. The fraction of sp³-hybridized carbons (Fsp3) is 0.0270. The summed E-state index contributed by atoms with van der Waals surface area (Å²) >= 11 is 0. The average molecular weight is 965 g/mol. The maximum Gasteiger partial charge on any atom is 0.0754 e. The first-order valence-corrected chi connectivity index (χ1v) is 26.5. The molecule has 12 aromatic carbocycles. The van der Waals surface area contributed by atoms with Crippen molar-refractivity contribution < 1.29 is 0 Å². The molecule has 0 saturated carbocycles. The second kappa shape index (κ2) is 16.4. The SMILES string of the molecule is c1ccc(-c2ccccc2N(c2ccc(-c3cccc4c3-c3ccccc3C43c4ccccc4-n4c5ccccc5c5cccc3c54)cc2)c2ccc3c(c2)C(c2ccccc2)(c2ccccc2)c2ccccc2-3)cc1. The van der Waals surface area contributed by atoms with Crippen LogP contribution in [0.4, 0.5) is 17.1 Å². The smallest absolute Gasteiger partial charge is 0.0754 e. The van der Waals surface area contributed by atoms with Gasteiger partial charge >= 0.3 is 0 Å². The third-order valence-electron chi connectivity index (χ3n) is 17.1. The highest BCUT2D eigenvalue weighted by Gasteiger charge is 2.51. The van der Waals surface area contributed by atoms with Crippen LogP contribution < -0.4 is 4.90 Å². The van der Waals surface area contributed by atoms with Crippen molar-refractivity contribution in [3.05, 3.63) is 336 Å². The molecule has 0 bridgehead atoms. The van der Waals surface area contributed by atoms with Gasteiger partial charge in [-0.2, -0.15) is 0 Å². The van der Waals surface area contributed by atoms with Crippen molar-refractivity contribution in [2.24, 2.45) is 0 Å². The van der Waals surface area contributed by atoms with E-state index in [2.05, 4.69) is 301 Å². The lowest BCUT2D eigenvalue weighted by molar-refractivity contribution is 0.748. The summed E-state index contributed by atoms with van der Waals surface area (Å²) in [6.07, 6.45) is 0. The maximum absolute atomic E-state index is 2.52. The number of nitrogens with zero attached hydrogens (tertiary/aromatic N) is 2. The fourth-order valence-electron chi connectivity index (χ4n) is 14.2. The molecule has 1 atom stereocenters. The molecule has 2 heteroatoms. The van der Waals surface area contributed by atoms with Crippen molar-refractivity contribution in [3.8, 4) is 50.2 Å². The van der Waals surface area contributed by atoms with E-state index in [0.29, 0.717) is 0 Å². The largest absolute Gasteiger partial charge is 0.310 e. The van der Waals surface area contributed by atoms with Crippen LogP contribution in [0.5, 0.6) is 0 Å². The number of aromatic nitrogens is 1. The van der Waals surface area contributed by atoms with Crippen LogP contribution >= 0.6 is 0 Å². The molecule has 16 rings (SSSR count). The van der Waals surface area contributed by atoms with Crippen molar-refractivity contribution in [2.45, 2.75) is 10.8 Å². The molecule has 0 radical (unpaired) electrons. The Morgan fingerprint density at radius 2 is 0.803 bits per heavy atom. The van der Waals surface area contributed by atoms with Crippen LogP contribution in [0, 0.1) is 0 Å². The summed E-state index contributed by atoms with van der Waals surface area (Å²) < 4.78 is 2.52. The fourth-order valence-corrected chi connectivity index (χ4v) is 14.2. The second-order valence-corrected chi connectivity index (χ2v) is 20.6. The summed E-state index contributed by atoms with van der Waals surface area (Å²) in [7, 11) is 0. The molecular weight excluding hydrogens is 917 g/mol. The molecule has 0 fully saturated rings. The van der Waals surface area contributed by atoms with Gasteiger partial charge in [-0.15, -0.1) is 0 Å². The van der Waals surface area contributed by atoms with Gasteiger partial charge in [-0.25, -0.2) is 0 Å². The van der Waals surface area contributed by atoms with Gasteiger partial charge in [0.15, 0.2) is 0 Å². The van der Waals surface area contributed by atoms with E-state index >= 15 is 0 Å². The number of benzene rings is 12. The molecule has 2 heterocycles. The molecule has 0 amide bonds. The highest BCUT2D eigenvalue weighted by molar-refractivity contribution is 6.13. The van der Waals surface area contributed by atoms with Gasteiger partial charge in [0.05, 0.1) is 33.2 Å². The van der Waals surface area contributed by atoms with Crippen molar-refractivity contribution in [1.29, 1.82) is 0 Å². The van der Waals surface area contributed by atoms with E-state index in [1.165, 1.54) is 111 Å². The minimum atomic E-state index is -0.540. The third kappa shape index (κ3) is 5.70. The number of rotatable bonds is 7. The number of para-hydroxylation sites is 4. The Labute approximate surface area is 442 Å². The van der Waals surface area contributed by atoms with E-state index < -0.39 is 10.8 Å². The molecule has 1 spiro atoms. The van der Waals surface area contributed by atoms with E-state index in [1.54, 1.807) is 0 Å². The Kier molecular flexibility index (Phi) is 9.20. The molecule has 1 unspecified atom stereocenters. The quantitative estimate of drug-likeness (QED) is 0.155. The van der Waals surface area contributed by atoms with Crippen LogP contribution in [-0.2, 0) is 10.8 Å². The number of hydrogen-bond donors (Lipinski definition) is 0. The van der Waals surface area contributed by atoms with Crippen LogP contribution in [0.2, 0.25) is 0 Å². The van der Waals surface area contributed by atoms with Gasteiger partial charge in [0.2, 0.25) is 0 Å². The van der Waals surface area contributed by atoms with Gasteiger partial charge in [-0.1, -0.05) is 249 Å². The zero-order chi connectivity index (χ0) is 50.0. The topological polar surface area (TPSA) is 8.17 Å². The Balaban J connectivity index is 0.905. The van der Waals surface area contributed by atoms with Gasteiger partial charge in [0.25, 0.3) is 0 Å². The number of fused-ring (bicyclic) bond motifs is 15. The minimum absolute atomic E-state index is 0.526. The van der Waals surface area contributed by atoms with Crippen molar-refractivity contribution >= 4 is 38.9 Å². The molecule has 0 N–H and O–H groups in total. The molecule has 76 heavy (non-hydrogen) atoms. The Bertz CT molecular complexity index is 4410. The van der Waals surface area contributed by atoms with Gasteiger partial charge in [0, 0.05) is 27.7 Å². The predicted molar refractivity (Wildman–Crippen MR) is 315 cm³/mol. The van der Waals surface area contributed by atoms with Gasteiger partial charge < -0.3 is 9.47 Å². The van der Waals surface area contributed by atoms with E-state index in [0.717, 1.165) is 22.6 Å². The van der Waals surface area contributed by atoms with Crippen LogP contribution in [0.1, 0.15) is 44.5 Å². The number of anilines is 3. The van der Waals surface area contributed by atoms with Gasteiger partial charge in [-0.3, -0.25) is 0 Å². The molecule has 1 aromatic heterocycles. The van der Waals surface area contributed by atoms with E-state index in [4.69, 9.17) is 0 Å². The molecule has 1 aliphatic heterocycles. The Morgan fingerprint density at radius 1 is 0.289 bits per heavy atom. The Hall–Kier alpha value is -9.76. The molecule has 0 saturated heterocycles. The van der Waals surface area contributed by atoms with E-state index in [-0.39, 0.29) is 0 Å². The van der Waals surface area contributed by atoms with Crippen LogP contribution in [0.25, 0.3) is 72.0 Å². The monoisotopic (exact) mass is 964 g/mol. The number of hydrogen-bond acceptors (Lipinski definition) is 1. The summed E-state index contributed by atoms with van der Waals surface area (Å²) in [5, 5.41) is 2.57. The van der Waals surface area contributed by atoms with Crippen LogP contribution in [-0.4, -0.2) is 4.57 Å². The van der Waals surface area contributed by atoms with E-state index in [1.807, 2.05) is 0 Å². The lowest BCUT2D eigenvalue weighted by atomic mass is 9.65. The highest BCUT2D eigenvalue weighted by atomic mass is 15.1. The third-order valence-corrected chi connectivity index (χ3v) is 17.1. The lowest BCUT2D eigenvalue weighted by Crippen LogP contribution is -2.33. The lowest BCUT2D eigenvalue weighted by Gasteiger charge is -2.39. The Morgan fingerprint density at radius 3 is 1.57 bits per heavy atom. The second-order valence-electron chi connectivity index (χ2n) is 20.6. The summed E-state index contributed by atoms with van der Waals surface area (Å²) in [5.74, 6) is 0. The highest BCUT2D eigenvalue weighted by Crippen LogP contribution is 2.63. The molecule has 3 aliphatic rings. The standard InChI is InChI=1S/C74H48N2/c1-4-22-49(23-5-1)55-28-12-17-39-68(55)75(54-46-47-58-57-29-10-14-34-62(57)73(67(58)48-54,51-24-6-2-7-25-51)52-26-8-3-9-27-52)53-44-42-50(43-45-53)56-32-20-37-65-71(56)61-31-11-15-35-63(61)74(65)64-36-16-19-41-70(64)76-69-40-18-13-30-59(69)60-33-21-38-66(74)72(60)76/h1-48H. The molecular formula is C74H48N2. The predicted octanol–water partition coefficient (Wildman–Crippen LogP) is 18.6. The summed E-state index contributed by atoms with van der Waals surface area (Å²) in [5.41, 5.74) is 26.2. The zero-order valence-electron chi connectivity index (χ0n) is 41.6. The minimum Gasteiger partial charge on any atom is -0.310 e. The normalized spacial score (nSPS) is 15.0. The van der Waals surface area contributed by atoms with Crippen LogP contribution in [0.3, 0.4) is 0 Å². The average Bonchev–Trinajstić information content (AvgIpc) is 4.32. The van der Waals surface area contributed by atoms with Gasteiger partial charge in [-0.05, 0) is 126 Å². The summed E-state index contributed by atoms with van der Waals surface area (Å²) in [6, 6.07) is 109. The molecule has 2 nitrogen and oxygen atoms in total. The zero-order valence-corrected chi connectivity index (χ0v) is 41.6. The van der Waals surface area contributed by atoms with E-state index in [9.17, 15) is 0 Å². The first-order valence-electron chi connectivity index (χ1n) is 26.5. The molecule has 13 aromatic rings. The van der Waals surface area contributed by atoms with Crippen molar-refractivity contribution in [1.82, 2.24) is 4.57 Å². The van der Waals surface area contributed by atoms with Crippen LogP contribution in [0.15, 0.2) is 291 Å². The summed E-state index contributed by atoms with van der Waals surface area (Å²) in [4.78, 5) is 2.48. The first-order chi connectivity index (χ1) is 37.7. The van der Waals surface area contributed by atoms with Crippen molar-refractivity contribution in [3.63, 3.8) is 0 Å². The van der Waals surface area contributed by atoms with Crippen molar-refractivity contribution in [2.75, 3.05) is 4.90 Å². The van der Waals surface area contributed by atoms with Gasteiger partial charge in [0.1, 0.15) is 0 Å².